The van der Waals surface area contributed by atoms with Crippen LogP contribution in [0.5, 0.6) is 0 Å². The molecule has 2 aromatic heterocycles. The zero-order valence-corrected chi connectivity index (χ0v) is 12.7. The molecular formula is C13H15N3O4S. The fourth-order valence-corrected chi connectivity index (χ4v) is 2.94. The molecule has 0 fully saturated rings. The smallest absolute Gasteiger partial charge is 0.346 e. The summed E-state index contributed by atoms with van der Waals surface area (Å²) in [6, 6.07) is 0. The number of amides is 1. The fourth-order valence-electron chi connectivity index (χ4n) is 1.96. The number of thiophene rings is 1. The third-order valence-electron chi connectivity index (χ3n) is 3.18. The molecule has 0 unspecified atom stereocenters. The van der Waals surface area contributed by atoms with Crippen molar-refractivity contribution in [3.8, 4) is 0 Å². The molecule has 1 N–H and O–H groups in total. The summed E-state index contributed by atoms with van der Waals surface area (Å²) in [4.78, 5) is 41.2. The Bertz CT molecular complexity index is 776. The Balaban J connectivity index is 2.42. The molecule has 2 heterocycles. The van der Waals surface area contributed by atoms with Gasteiger partial charge in [0, 0.05) is 27.1 Å². The van der Waals surface area contributed by atoms with Crippen LogP contribution >= 0.6 is 11.3 Å². The van der Waals surface area contributed by atoms with E-state index >= 15 is 0 Å². The Morgan fingerprint density at radius 1 is 1.43 bits per heavy atom. The highest BCUT2D eigenvalue weighted by Gasteiger charge is 2.18. The third kappa shape index (κ3) is 2.80. The van der Waals surface area contributed by atoms with Gasteiger partial charge >= 0.3 is 5.97 Å². The highest BCUT2D eigenvalue weighted by Crippen LogP contribution is 2.26. The third-order valence-corrected chi connectivity index (χ3v) is 4.36. The lowest BCUT2D eigenvalue weighted by Crippen LogP contribution is -2.26. The molecule has 0 saturated heterocycles. The van der Waals surface area contributed by atoms with Crippen LogP contribution in [0.2, 0.25) is 0 Å². The van der Waals surface area contributed by atoms with Crippen LogP contribution in [0, 0.1) is 6.92 Å². The zero-order chi connectivity index (χ0) is 15.7. The predicted molar refractivity (Wildman–Crippen MR) is 78.9 cm³/mol. The molecular weight excluding hydrogens is 294 g/mol. The van der Waals surface area contributed by atoms with E-state index in [9.17, 15) is 14.4 Å². The predicted octanol–water partition coefficient (Wildman–Crippen LogP) is 0.943. The van der Waals surface area contributed by atoms with Crippen LogP contribution < -0.4 is 5.56 Å². The molecule has 0 aliphatic carbocycles. The number of aromatic carboxylic acids is 1. The summed E-state index contributed by atoms with van der Waals surface area (Å²) < 4.78 is 1.34. The Hall–Kier alpha value is -2.22. The molecule has 8 heteroatoms. The van der Waals surface area contributed by atoms with Gasteiger partial charge < -0.3 is 10.0 Å². The largest absolute Gasteiger partial charge is 0.477 e. The van der Waals surface area contributed by atoms with Crippen molar-refractivity contribution in [1.82, 2.24) is 14.5 Å². The van der Waals surface area contributed by atoms with Crippen LogP contribution in [-0.4, -0.2) is 45.5 Å². The first kappa shape index (κ1) is 15.2. The lowest BCUT2D eigenvalue weighted by atomic mass is 10.2. The molecule has 0 atom stereocenters. The standard InChI is InChI=1S/C13H15N3O4S/c1-7-9-11(21-10(7)13(19)20)14-6-16(12(9)18)5-4-8(17)15(2)3/h6H,4-5H2,1-3H3,(H,19,20). The molecule has 0 aromatic carbocycles. The number of carboxylic acid groups (broad SMARTS) is 1. The van der Waals surface area contributed by atoms with E-state index in [1.54, 1.807) is 21.0 Å². The van der Waals surface area contributed by atoms with Gasteiger partial charge in [-0.2, -0.15) is 0 Å². The lowest BCUT2D eigenvalue weighted by molar-refractivity contribution is -0.128. The van der Waals surface area contributed by atoms with Crippen LogP contribution in [-0.2, 0) is 11.3 Å². The van der Waals surface area contributed by atoms with Crippen molar-refractivity contribution in [3.63, 3.8) is 0 Å². The quantitative estimate of drug-likeness (QED) is 0.907. The first-order chi connectivity index (χ1) is 9.82. The average molecular weight is 309 g/mol. The number of hydrogen-bond acceptors (Lipinski definition) is 5. The Morgan fingerprint density at radius 2 is 2.10 bits per heavy atom. The normalized spacial score (nSPS) is 10.8. The molecule has 0 spiro atoms. The second-order valence-electron chi connectivity index (χ2n) is 4.82. The van der Waals surface area contributed by atoms with E-state index in [0.717, 1.165) is 11.3 Å². The molecule has 2 rings (SSSR count). The van der Waals surface area contributed by atoms with Crippen LogP contribution in [0.1, 0.15) is 21.7 Å². The molecule has 2 aromatic rings. The number of carboxylic acids is 1. The molecule has 21 heavy (non-hydrogen) atoms. The van der Waals surface area contributed by atoms with Crippen molar-refractivity contribution < 1.29 is 14.7 Å². The second-order valence-corrected chi connectivity index (χ2v) is 5.82. The zero-order valence-electron chi connectivity index (χ0n) is 11.9. The Kier molecular flexibility index (Phi) is 4.08. The van der Waals surface area contributed by atoms with Crippen LogP contribution in [0.15, 0.2) is 11.1 Å². The summed E-state index contributed by atoms with van der Waals surface area (Å²) in [6.45, 7) is 1.82. The molecule has 0 aliphatic heterocycles. The number of hydrogen-bond donors (Lipinski definition) is 1. The second kappa shape index (κ2) is 5.65. The SMILES string of the molecule is Cc1c(C(=O)O)sc2ncn(CCC(=O)N(C)C)c(=O)c12. The van der Waals surface area contributed by atoms with Gasteiger partial charge in [-0.05, 0) is 12.5 Å². The minimum Gasteiger partial charge on any atom is -0.477 e. The Labute approximate surface area is 124 Å². The first-order valence-electron chi connectivity index (χ1n) is 6.25. The van der Waals surface area contributed by atoms with Gasteiger partial charge in [-0.15, -0.1) is 11.3 Å². The molecule has 0 bridgehead atoms. The molecule has 7 nitrogen and oxygen atoms in total. The van der Waals surface area contributed by atoms with Crippen LogP contribution in [0.25, 0.3) is 10.2 Å². The van der Waals surface area contributed by atoms with E-state index in [0.29, 0.717) is 15.8 Å². The monoisotopic (exact) mass is 309 g/mol. The van der Waals surface area contributed by atoms with E-state index in [1.807, 2.05) is 0 Å². The van der Waals surface area contributed by atoms with Crippen LogP contribution in [0.4, 0.5) is 0 Å². The minimum absolute atomic E-state index is 0.0877. The highest BCUT2D eigenvalue weighted by atomic mass is 32.1. The van der Waals surface area contributed by atoms with Crippen LogP contribution in [0.3, 0.4) is 0 Å². The maximum absolute atomic E-state index is 12.4. The topological polar surface area (TPSA) is 92.5 Å². The van der Waals surface area contributed by atoms with Crippen molar-refractivity contribution in [2.24, 2.45) is 0 Å². The number of carbonyl (C=O) groups is 2. The molecule has 0 aliphatic rings. The molecule has 1 amide bonds. The van der Waals surface area contributed by atoms with E-state index in [4.69, 9.17) is 5.11 Å². The van der Waals surface area contributed by atoms with Gasteiger partial charge in [0.2, 0.25) is 5.91 Å². The van der Waals surface area contributed by atoms with Gasteiger partial charge in [-0.25, -0.2) is 9.78 Å². The summed E-state index contributed by atoms with van der Waals surface area (Å²) in [5, 5.41) is 9.40. The lowest BCUT2D eigenvalue weighted by Gasteiger charge is -2.10. The summed E-state index contributed by atoms with van der Waals surface area (Å²) >= 11 is 0.985. The summed E-state index contributed by atoms with van der Waals surface area (Å²) in [5.74, 6) is -1.15. The number of carbonyl (C=O) groups excluding carboxylic acids is 1. The fraction of sp³-hybridized carbons (Fsp3) is 0.385. The molecule has 112 valence electrons. The molecule has 0 saturated carbocycles. The number of aryl methyl sites for hydroxylation is 2. The highest BCUT2D eigenvalue weighted by molar-refractivity contribution is 7.20. The summed E-state index contributed by atoms with van der Waals surface area (Å²) in [7, 11) is 3.30. The van der Waals surface area contributed by atoms with E-state index < -0.39 is 5.97 Å². The first-order valence-corrected chi connectivity index (χ1v) is 7.06. The minimum atomic E-state index is -1.07. The van der Waals surface area contributed by atoms with Crippen molar-refractivity contribution >= 4 is 33.4 Å². The summed E-state index contributed by atoms with van der Waals surface area (Å²) in [6.07, 6.45) is 1.55. The number of nitrogens with zero attached hydrogens (tertiary/aromatic N) is 3. The van der Waals surface area contributed by atoms with Gasteiger partial charge in [0.25, 0.3) is 5.56 Å². The van der Waals surface area contributed by atoms with E-state index in [2.05, 4.69) is 4.98 Å². The van der Waals surface area contributed by atoms with E-state index in [-0.39, 0.29) is 29.3 Å². The molecule has 0 radical (unpaired) electrons. The maximum Gasteiger partial charge on any atom is 0.346 e. The van der Waals surface area contributed by atoms with Gasteiger partial charge in [0.1, 0.15) is 9.71 Å². The maximum atomic E-state index is 12.4. The summed E-state index contributed by atoms with van der Waals surface area (Å²) in [5.41, 5.74) is 0.112. The number of rotatable bonds is 4. The van der Waals surface area contributed by atoms with Crippen molar-refractivity contribution in [2.45, 2.75) is 19.9 Å². The van der Waals surface area contributed by atoms with Gasteiger partial charge in [-0.1, -0.05) is 0 Å². The van der Waals surface area contributed by atoms with Gasteiger partial charge in [0.15, 0.2) is 0 Å². The van der Waals surface area contributed by atoms with Crippen molar-refractivity contribution in [3.05, 3.63) is 27.1 Å². The number of fused-ring (bicyclic) bond motifs is 1. The Morgan fingerprint density at radius 3 is 2.67 bits per heavy atom. The van der Waals surface area contributed by atoms with Gasteiger partial charge in [0.05, 0.1) is 11.7 Å². The van der Waals surface area contributed by atoms with E-state index in [1.165, 1.54) is 15.8 Å². The number of aromatic nitrogens is 2. The van der Waals surface area contributed by atoms with Crippen molar-refractivity contribution in [1.29, 1.82) is 0 Å². The van der Waals surface area contributed by atoms with Crippen molar-refractivity contribution in [2.75, 3.05) is 14.1 Å². The average Bonchev–Trinajstić information content (AvgIpc) is 2.75. The van der Waals surface area contributed by atoms with Gasteiger partial charge in [-0.3, -0.25) is 14.2 Å².